The molecule has 1 N–H and O–H groups in total. The minimum atomic E-state index is -0.614. The summed E-state index contributed by atoms with van der Waals surface area (Å²) in [5, 5.41) is 17.7. The predicted molar refractivity (Wildman–Crippen MR) is 131 cm³/mol. The summed E-state index contributed by atoms with van der Waals surface area (Å²) in [5.74, 6) is -0.927. The van der Waals surface area contributed by atoms with Crippen molar-refractivity contribution in [2.75, 3.05) is 11.9 Å². The maximum atomic E-state index is 13.3. The number of anilines is 1. The van der Waals surface area contributed by atoms with Crippen molar-refractivity contribution in [1.82, 2.24) is 10.1 Å². The van der Waals surface area contributed by atoms with Crippen molar-refractivity contribution in [2.45, 2.75) is 19.3 Å². The minimum Gasteiger partial charge on any atom is -0.452 e. The summed E-state index contributed by atoms with van der Waals surface area (Å²) in [6, 6.07) is 15.0. The van der Waals surface area contributed by atoms with E-state index < -0.39 is 23.4 Å². The normalized spacial score (nSPS) is 13.8. The highest BCUT2D eigenvalue weighted by Gasteiger charge is 2.26. The van der Waals surface area contributed by atoms with E-state index in [2.05, 4.69) is 15.0 Å². The van der Waals surface area contributed by atoms with E-state index in [1.807, 2.05) is 30.3 Å². The zero-order valence-corrected chi connectivity index (χ0v) is 19.0. The second-order valence-corrected chi connectivity index (χ2v) is 8.21. The molecule has 0 saturated carbocycles. The Labute approximate surface area is 204 Å². The van der Waals surface area contributed by atoms with Gasteiger partial charge >= 0.3 is 5.97 Å². The highest BCUT2D eigenvalue weighted by molar-refractivity contribution is 6.07. The Morgan fingerprint density at radius 1 is 1.11 bits per heavy atom. The lowest BCUT2D eigenvalue weighted by Crippen LogP contribution is -2.22. The van der Waals surface area contributed by atoms with Gasteiger partial charge in [0.1, 0.15) is 6.26 Å². The quantitative estimate of drug-likeness (QED) is 0.234. The molecule has 10 heteroatoms. The number of hydrogen-bond acceptors (Lipinski definition) is 8. The first-order valence-electron chi connectivity index (χ1n) is 11.2. The second-order valence-electron chi connectivity index (χ2n) is 8.21. The fourth-order valence-electron chi connectivity index (χ4n) is 4.26. The molecule has 2 heterocycles. The van der Waals surface area contributed by atoms with Crippen molar-refractivity contribution in [1.29, 1.82) is 0 Å². The number of fused-ring (bicyclic) bond motifs is 2. The maximum absolute atomic E-state index is 13.3. The molecule has 4 aromatic rings. The van der Waals surface area contributed by atoms with E-state index in [1.165, 1.54) is 24.5 Å². The van der Waals surface area contributed by atoms with Gasteiger partial charge in [-0.15, -0.1) is 0 Å². The minimum absolute atomic E-state index is 0.0166. The number of esters is 1. The van der Waals surface area contributed by atoms with Crippen LogP contribution in [0.1, 0.15) is 40.0 Å². The number of aromatic nitrogens is 2. The monoisotopic (exact) mass is 484 g/mol. The van der Waals surface area contributed by atoms with Crippen LogP contribution in [0, 0.1) is 10.1 Å². The van der Waals surface area contributed by atoms with E-state index >= 15 is 0 Å². The molecule has 0 saturated heterocycles. The average Bonchev–Trinajstić information content (AvgIpc) is 3.39. The topological polar surface area (TPSA) is 137 Å². The first-order chi connectivity index (χ1) is 17.5. The summed E-state index contributed by atoms with van der Waals surface area (Å²) in [6.45, 7) is -0.484. The van der Waals surface area contributed by atoms with E-state index in [1.54, 1.807) is 12.1 Å². The molecule has 0 bridgehead atoms. The third kappa shape index (κ3) is 4.69. The van der Waals surface area contributed by atoms with Gasteiger partial charge in [-0.05, 0) is 60.2 Å². The van der Waals surface area contributed by atoms with Crippen LogP contribution in [0.25, 0.3) is 22.6 Å². The van der Waals surface area contributed by atoms with Crippen molar-refractivity contribution < 1.29 is 23.8 Å². The average molecular weight is 484 g/mol. The van der Waals surface area contributed by atoms with E-state index in [-0.39, 0.29) is 11.5 Å². The summed E-state index contributed by atoms with van der Waals surface area (Å²) in [4.78, 5) is 40.8. The third-order valence-electron chi connectivity index (χ3n) is 5.86. The molecular formula is C26H20N4O6. The van der Waals surface area contributed by atoms with Crippen LogP contribution in [0.3, 0.4) is 0 Å². The summed E-state index contributed by atoms with van der Waals surface area (Å²) >= 11 is 0. The molecule has 0 aliphatic heterocycles. The van der Waals surface area contributed by atoms with Crippen LogP contribution < -0.4 is 5.32 Å². The molecule has 0 atom stereocenters. The molecule has 2 aromatic heterocycles. The molecule has 10 nitrogen and oxygen atoms in total. The van der Waals surface area contributed by atoms with Gasteiger partial charge in [0.25, 0.3) is 11.6 Å². The van der Waals surface area contributed by atoms with Crippen LogP contribution in [0.15, 0.2) is 65.4 Å². The van der Waals surface area contributed by atoms with Gasteiger partial charge in [-0.1, -0.05) is 23.4 Å². The Balaban J connectivity index is 1.48. The van der Waals surface area contributed by atoms with Crippen molar-refractivity contribution in [2.24, 2.45) is 0 Å². The maximum Gasteiger partial charge on any atom is 0.339 e. The molecule has 2 aromatic carbocycles. The molecule has 0 spiro atoms. The first kappa shape index (κ1) is 22.9. The number of pyridine rings is 1. The highest BCUT2D eigenvalue weighted by Crippen LogP contribution is 2.36. The van der Waals surface area contributed by atoms with Crippen molar-refractivity contribution in [3.8, 4) is 0 Å². The number of amides is 1. The summed E-state index contributed by atoms with van der Waals surface area (Å²) in [6.07, 6.45) is 5.41. The van der Waals surface area contributed by atoms with E-state index in [0.717, 1.165) is 29.5 Å². The van der Waals surface area contributed by atoms with Gasteiger partial charge in [-0.2, -0.15) is 0 Å². The van der Waals surface area contributed by atoms with Gasteiger partial charge < -0.3 is 14.6 Å². The number of nitrogens with zero attached hydrogens (tertiary/aromatic N) is 3. The SMILES string of the molecule is O=C(COC(=O)c1c2c(nc3ccccc13)C(=Cc1ccc([N+](=O)[O-])cc1)CCC2)Nc1ccon1. The Morgan fingerprint density at radius 2 is 1.92 bits per heavy atom. The van der Waals surface area contributed by atoms with Crippen molar-refractivity contribution >= 4 is 45.9 Å². The number of non-ortho nitro benzene ring substituents is 1. The summed E-state index contributed by atoms with van der Waals surface area (Å²) in [5.41, 5.74) is 4.21. The van der Waals surface area contributed by atoms with E-state index in [0.29, 0.717) is 28.6 Å². The van der Waals surface area contributed by atoms with Gasteiger partial charge in [-0.25, -0.2) is 9.78 Å². The van der Waals surface area contributed by atoms with Crippen LogP contribution in [0.5, 0.6) is 0 Å². The number of hydrogen-bond donors (Lipinski definition) is 1. The van der Waals surface area contributed by atoms with E-state index in [4.69, 9.17) is 9.72 Å². The number of rotatable bonds is 6. The third-order valence-corrected chi connectivity index (χ3v) is 5.86. The van der Waals surface area contributed by atoms with Crippen molar-refractivity contribution in [3.05, 3.63) is 93.4 Å². The van der Waals surface area contributed by atoms with Gasteiger partial charge in [-0.3, -0.25) is 14.9 Å². The Morgan fingerprint density at radius 3 is 2.67 bits per heavy atom. The number of para-hydroxylation sites is 1. The van der Waals surface area contributed by atoms with Gasteiger partial charge in [0.15, 0.2) is 12.4 Å². The summed E-state index contributed by atoms with van der Waals surface area (Å²) in [7, 11) is 0. The molecule has 1 amide bonds. The zero-order valence-electron chi connectivity index (χ0n) is 19.0. The Hall–Kier alpha value is -4.86. The fourth-order valence-corrected chi connectivity index (χ4v) is 4.26. The number of ether oxygens (including phenoxy) is 1. The Bertz CT molecular complexity index is 1490. The number of nitro benzene ring substituents is 1. The van der Waals surface area contributed by atoms with Crippen LogP contribution in [-0.4, -0.2) is 33.5 Å². The number of carbonyl (C=O) groups is 2. The second kappa shape index (κ2) is 9.79. The molecule has 0 fully saturated rings. The molecular weight excluding hydrogens is 464 g/mol. The van der Waals surface area contributed by atoms with E-state index in [9.17, 15) is 19.7 Å². The van der Waals surface area contributed by atoms with Crippen LogP contribution in [0.4, 0.5) is 11.5 Å². The largest absolute Gasteiger partial charge is 0.452 e. The number of benzene rings is 2. The van der Waals surface area contributed by atoms with Crippen LogP contribution >= 0.6 is 0 Å². The summed E-state index contributed by atoms with van der Waals surface area (Å²) < 4.78 is 10.1. The number of allylic oxidation sites excluding steroid dienone is 1. The fraction of sp³-hybridized carbons (Fsp3) is 0.154. The molecule has 1 aliphatic carbocycles. The zero-order chi connectivity index (χ0) is 25.1. The van der Waals surface area contributed by atoms with Crippen molar-refractivity contribution in [3.63, 3.8) is 0 Å². The van der Waals surface area contributed by atoms with Gasteiger partial charge in [0.05, 0.1) is 21.7 Å². The molecule has 5 rings (SSSR count). The lowest BCUT2D eigenvalue weighted by atomic mass is 9.86. The smallest absolute Gasteiger partial charge is 0.339 e. The van der Waals surface area contributed by atoms with Crippen LogP contribution in [-0.2, 0) is 16.0 Å². The Kier molecular flexibility index (Phi) is 6.23. The number of carbonyl (C=O) groups excluding carboxylic acids is 2. The lowest BCUT2D eigenvalue weighted by molar-refractivity contribution is -0.384. The highest BCUT2D eigenvalue weighted by atomic mass is 16.6. The van der Waals surface area contributed by atoms with Crippen LogP contribution in [0.2, 0.25) is 0 Å². The van der Waals surface area contributed by atoms with Gasteiger partial charge in [0, 0.05) is 23.6 Å². The predicted octanol–water partition coefficient (Wildman–Crippen LogP) is 4.80. The lowest BCUT2D eigenvalue weighted by Gasteiger charge is -2.22. The number of nitro groups is 1. The number of nitrogens with one attached hydrogen (secondary N) is 1. The molecule has 0 unspecified atom stereocenters. The first-order valence-corrected chi connectivity index (χ1v) is 11.2. The molecule has 1 aliphatic rings. The molecule has 180 valence electrons. The molecule has 0 radical (unpaired) electrons. The molecule has 36 heavy (non-hydrogen) atoms. The standard InChI is InChI=1S/C26H20N4O6/c31-23(28-22-12-13-36-29-22)15-35-26(32)24-19-5-1-2-7-21(19)27-25-17(4-3-6-20(24)25)14-16-8-10-18(11-9-16)30(33)34/h1-2,5,7-14H,3-4,6,15H2,(H,28,29,31). The van der Waals surface area contributed by atoms with Gasteiger partial charge in [0.2, 0.25) is 0 Å².